The number of aromatic amines is 1. The number of aromatic nitrogens is 5. The first-order chi connectivity index (χ1) is 8.25. The summed E-state index contributed by atoms with van der Waals surface area (Å²) in [5.41, 5.74) is 2.53. The first kappa shape index (κ1) is 10.3. The molecule has 3 rings (SSSR count). The summed E-state index contributed by atoms with van der Waals surface area (Å²) in [6.45, 7) is 3.88. The van der Waals surface area contributed by atoms with Crippen LogP contribution >= 0.6 is 0 Å². The van der Waals surface area contributed by atoms with Gasteiger partial charge in [0, 0.05) is 24.8 Å². The van der Waals surface area contributed by atoms with Crippen LogP contribution in [0.25, 0.3) is 0 Å². The Kier molecular flexibility index (Phi) is 2.35. The molecule has 0 aliphatic carbocycles. The lowest BCUT2D eigenvalue weighted by molar-refractivity contribution is 0.649. The Balaban J connectivity index is 1.88. The van der Waals surface area contributed by atoms with Gasteiger partial charge in [-0.15, -0.1) is 10.2 Å². The van der Waals surface area contributed by atoms with Gasteiger partial charge in [-0.2, -0.15) is 5.10 Å². The van der Waals surface area contributed by atoms with Crippen LogP contribution in [-0.2, 0) is 20.0 Å². The fourth-order valence-electron chi connectivity index (χ4n) is 2.33. The minimum Gasteiger partial charge on any atom is -0.347 e. The zero-order valence-electron chi connectivity index (χ0n) is 10.1. The fraction of sp³-hybridized carbons (Fsp3) is 0.545. The summed E-state index contributed by atoms with van der Waals surface area (Å²) in [6, 6.07) is 0. The normalized spacial score (nSPS) is 15.1. The maximum atomic E-state index is 4.39. The summed E-state index contributed by atoms with van der Waals surface area (Å²) < 4.78 is 1.95. The second-order valence-electron chi connectivity index (χ2n) is 4.53. The molecule has 1 N–H and O–H groups in total. The Morgan fingerprint density at radius 1 is 1.47 bits per heavy atom. The molecule has 2 aromatic heterocycles. The van der Waals surface area contributed by atoms with Crippen LogP contribution in [0, 0.1) is 6.92 Å². The number of nitrogens with zero attached hydrogens (tertiary/aromatic N) is 5. The second-order valence-corrected chi connectivity index (χ2v) is 4.53. The summed E-state index contributed by atoms with van der Waals surface area (Å²) in [5, 5.41) is 15.5. The number of rotatable bonds is 2. The molecule has 0 radical (unpaired) electrons. The number of H-pyrrole nitrogens is 1. The molecule has 0 fully saturated rings. The highest BCUT2D eigenvalue weighted by molar-refractivity contribution is 5.50. The topological polar surface area (TPSA) is 62.6 Å². The van der Waals surface area contributed by atoms with Gasteiger partial charge in [-0.3, -0.25) is 5.10 Å². The molecule has 2 aromatic rings. The molecular weight excluding hydrogens is 216 g/mol. The molecule has 90 valence electrons. The van der Waals surface area contributed by atoms with Crippen LogP contribution in [0.15, 0.2) is 6.33 Å². The summed E-state index contributed by atoms with van der Waals surface area (Å²) >= 11 is 0. The molecule has 6 heteroatoms. The molecular formula is C11H16N6. The molecule has 0 amide bonds. The van der Waals surface area contributed by atoms with Crippen LogP contribution in [-0.4, -0.2) is 31.5 Å². The molecule has 0 aromatic carbocycles. The van der Waals surface area contributed by atoms with Crippen LogP contribution in [0.5, 0.6) is 0 Å². The molecule has 17 heavy (non-hydrogen) atoms. The average Bonchev–Trinajstić information content (AvgIpc) is 2.89. The number of aryl methyl sites for hydroxylation is 2. The van der Waals surface area contributed by atoms with Gasteiger partial charge >= 0.3 is 0 Å². The summed E-state index contributed by atoms with van der Waals surface area (Å²) in [6.07, 6.45) is 4.02. The van der Waals surface area contributed by atoms with Gasteiger partial charge in [-0.05, 0) is 19.8 Å². The van der Waals surface area contributed by atoms with Crippen molar-refractivity contribution in [2.45, 2.75) is 26.3 Å². The highest BCUT2D eigenvalue weighted by Gasteiger charge is 2.22. The zero-order chi connectivity index (χ0) is 11.8. The Labute approximate surface area is 99.7 Å². The number of nitrogens with one attached hydrogen (secondary N) is 1. The van der Waals surface area contributed by atoms with Crippen molar-refractivity contribution >= 4 is 5.82 Å². The van der Waals surface area contributed by atoms with E-state index >= 15 is 0 Å². The van der Waals surface area contributed by atoms with Gasteiger partial charge in [-0.1, -0.05) is 0 Å². The van der Waals surface area contributed by atoms with E-state index in [0.717, 1.165) is 31.2 Å². The summed E-state index contributed by atoms with van der Waals surface area (Å²) in [4.78, 5) is 2.27. The van der Waals surface area contributed by atoms with Crippen LogP contribution in [0.3, 0.4) is 0 Å². The third-order valence-corrected chi connectivity index (χ3v) is 3.34. The van der Waals surface area contributed by atoms with E-state index in [1.807, 2.05) is 11.6 Å². The Bertz CT molecular complexity index is 526. The number of anilines is 1. The van der Waals surface area contributed by atoms with Gasteiger partial charge in [0.1, 0.15) is 6.33 Å². The zero-order valence-corrected chi connectivity index (χ0v) is 10.1. The predicted octanol–water partition coefficient (Wildman–Crippen LogP) is 0.799. The smallest absolute Gasteiger partial charge is 0.154 e. The minimum absolute atomic E-state index is 0.772. The molecule has 3 heterocycles. The molecule has 0 spiro atoms. The number of hydrogen-bond donors (Lipinski definition) is 1. The van der Waals surface area contributed by atoms with Crippen molar-refractivity contribution in [3.8, 4) is 0 Å². The Hall–Kier alpha value is -1.85. The molecule has 1 aliphatic rings. The maximum absolute atomic E-state index is 4.39. The number of hydrogen-bond acceptors (Lipinski definition) is 4. The highest BCUT2D eigenvalue weighted by atomic mass is 15.3. The van der Waals surface area contributed by atoms with Crippen molar-refractivity contribution in [1.82, 2.24) is 25.0 Å². The Morgan fingerprint density at radius 2 is 2.35 bits per heavy atom. The van der Waals surface area contributed by atoms with E-state index in [1.165, 1.54) is 17.7 Å². The van der Waals surface area contributed by atoms with Crippen molar-refractivity contribution in [2.75, 3.05) is 11.4 Å². The van der Waals surface area contributed by atoms with Gasteiger partial charge < -0.3 is 9.47 Å². The van der Waals surface area contributed by atoms with Gasteiger partial charge in [0.05, 0.1) is 6.54 Å². The standard InChI is InChI=1S/C11H16N6/c1-8-9-4-3-5-17(11(9)15-13-8)6-10-14-12-7-16(10)2/h7H,3-6H2,1-2H3,(H,13,15). The minimum atomic E-state index is 0.772. The van der Waals surface area contributed by atoms with E-state index in [1.54, 1.807) is 6.33 Å². The van der Waals surface area contributed by atoms with Gasteiger partial charge in [-0.25, -0.2) is 0 Å². The van der Waals surface area contributed by atoms with Crippen LogP contribution in [0.2, 0.25) is 0 Å². The largest absolute Gasteiger partial charge is 0.347 e. The molecule has 0 saturated carbocycles. The van der Waals surface area contributed by atoms with E-state index in [-0.39, 0.29) is 0 Å². The average molecular weight is 232 g/mol. The van der Waals surface area contributed by atoms with E-state index in [4.69, 9.17) is 0 Å². The third-order valence-electron chi connectivity index (χ3n) is 3.34. The Morgan fingerprint density at radius 3 is 3.12 bits per heavy atom. The molecule has 6 nitrogen and oxygen atoms in total. The predicted molar refractivity (Wildman–Crippen MR) is 63.7 cm³/mol. The van der Waals surface area contributed by atoms with Crippen LogP contribution < -0.4 is 4.90 Å². The van der Waals surface area contributed by atoms with E-state index < -0.39 is 0 Å². The monoisotopic (exact) mass is 232 g/mol. The lowest BCUT2D eigenvalue weighted by Gasteiger charge is -2.27. The highest BCUT2D eigenvalue weighted by Crippen LogP contribution is 2.27. The van der Waals surface area contributed by atoms with Crippen molar-refractivity contribution < 1.29 is 0 Å². The molecule has 0 bridgehead atoms. The van der Waals surface area contributed by atoms with Gasteiger partial charge in [0.2, 0.25) is 0 Å². The third kappa shape index (κ3) is 1.69. The van der Waals surface area contributed by atoms with Gasteiger partial charge in [0.15, 0.2) is 11.6 Å². The lowest BCUT2D eigenvalue weighted by atomic mass is 10.1. The summed E-state index contributed by atoms with van der Waals surface area (Å²) in [5.74, 6) is 2.05. The van der Waals surface area contributed by atoms with Crippen molar-refractivity contribution in [3.05, 3.63) is 23.4 Å². The SMILES string of the molecule is Cc1[nH]nc2c1CCCN2Cc1nncn1C. The van der Waals surface area contributed by atoms with Crippen molar-refractivity contribution in [3.63, 3.8) is 0 Å². The molecule has 0 saturated heterocycles. The lowest BCUT2D eigenvalue weighted by Crippen LogP contribution is -2.30. The van der Waals surface area contributed by atoms with E-state index in [9.17, 15) is 0 Å². The van der Waals surface area contributed by atoms with Crippen LogP contribution in [0.4, 0.5) is 5.82 Å². The maximum Gasteiger partial charge on any atom is 0.154 e. The molecule has 0 unspecified atom stereocenters. The quantitative estimate of drug-likeness (QED) is 0.832. The van der Waals surface area contributed by atoms with Crippen molar-refractivity contribution in [1.29, 1.82) is 0 Å². The first-order valence-corrected chi connectivity index (χ1v) is 5.87. The second kappa shape index (κ2) is 3.87. The summed E-state index contributed by atoms with van der Waals surface area (Å²) in [7, 11) is 1.97. The van der Waals surface area contributed by atoms with Crippen molar-refractivity contribution in [2.24, 2.45) is 7.05 Å². The van der Waals surface area contributed by atoms with E-state index in [0.29, 0.717) is 0 Å². The number of fused-ring (bicyclic) bond motifs is 1. The van der Waals surface area contributed by atoms with Gasteiger partial charge in [0.25, 0.3) is 0 Å². The molecule has 1 aliphatic heterocycles. The van der Waals surface area contributed by atoms with Crippen LogP contribution in [0.1, 0.15) is 23.5 Å². The first-order valence-electron chi connectivity index (χ1n) is 5.87. The van der Waals surface area contributed by atoms with E-state index in [2.05, 4.69) is 32.2 Å². The molecule has 0 atom stereocenters. The fourth-order valence-corrected chi connectivity index (χ4v) is 2.33.